The van der Waals surface area contributed by atoms with E-state index in [1.165, 1.54) is 22.9 Å². The lowest BCUT2D eigenvalue weighted by molar-refractivity contribution is -0.0589. The Hall–Kier alpha value is -4.28. The van der Waals surface area contributed by atoms with Crippen LogP contribution in [0.2, 0.25) is 5.02 Å². The molecule has 1 saturated heterocycles. The van der Waals surface area contributed by atoms with Gasteiger partial charge in [0.1, 0.15) is 24.1 Å². The van der Waals surface area contributed by atoms with Gasteiger partial charge in [-0.15, -0.1) is 5.10 Å². The molecule has 1 N–H and O–H groups in total. The zero-order chi connectivity index (χ0) is 28.7. The smallest absolute Gasteiger partial charge is 0.335 e. The van der Waals surface area contributed by atoms with Crippen molar-refractivity contribution in [2.75, 3.05) is 6.61 Å². The molecule has 3 heterocycles. The fourth-order valence-corrected chi connectivity index (χ4v) is 5.03. The average molecular weight is 579 g/mol. The molecule has 0 saturated carbocycles. The molecule has 1 atom stereocenters. The molecule has 1 aliphatic heterocycles. The van der Waals surface area contributed by atoms with Gasteiger partial charge in [0, 0.05) is 41.9 Å². The third kappa shape index (κ3) is 5.53. The molecule has 0 unspecified atom stereocenters. The molecule has 5 aromatic rings. The molecule has 41 heavy (non-hydrogen) atoms. The van der Waals surface area contributed by atoms with Gasteiger partial charge >= 0.3 is 5.97 Å². The van der Waals surface area contributed by atoms with Crippen LogP contribution in [0.25, 0.3) is 16.7 Å². The third-order valence-electron chi connectivity index (χ3n) is 7.17. The highest BCUT2D eigenvalue weighted by Crippen LogP contribution is 2.27. The number of aromatic carboxylic acids is 1. The van der Waals surface area contributed by atoms with Crippen molar-refractivity contribution in [1.29, 1.82) is 0 Å². The van der Waals surface area contributed by atoms with Gasteiger partial charge in [-0.1, -0.05) is 23.7 Å². The maximum Gasteiger partial charge on any atom is 0.335 e. The molecule has 11 heteroatoms. The molecular formula is C30H25ClF2N4O4. The number of benzene rings is 3. The number of halogens is 3. The van der Waals surface area contributed by atoms with Gasteiger partial charge in [-0.25, -0.2) is 23.2 Å². The maximum atomic E-state index is 15.5. The van der Waals surface area contributed by atoms with Crippen LogP contribution in [0.3, 0.4) is 0 Å². The van der Waals surface area contributed by atoms with E-state index in [1.54, 1.807) is 42.6 Å². The summed E-state index contributed by atoms with van der Waals surface area (Å²) >= 11 is 5.80. The first-order valence-electron chi connectivity index (χ1n) is 13.0. The summed E-state index contributed by atoms with van der Waals surface area (Å²) in [6, 6.07) is 13.9. The van der Waals surface area contributed by atoms with Gasteiger partial charge in [0.25, 0.3) is 0 Å². The molecule has 0 bridgehead atoms. The van der Waals surface area contributed by atoms with E-state index in [0.717, 1.165) is 12.0 Å². The molecule has 1 fully saturated rings. The zero-order valence-electron chi connectivity index (χ0n) is 22.0. The van der Waals surface area contributed by atoms with Crippen LogP contribution in [0.4, 0.5) is 8.78 Å². The van der Waals surface area contributed by atoms with Gasteiger partial charge < -0.3 is 19.1 Å². The lowest BCUT2D eigenvalue weighted by Gasteiger charge is -2.27. The van der Waals surface area contributed by atoms with E-state index in [9.17, 15) is 14.3 Å². The Balaban J connectivity index is 1.25. The summed E-state index contributed by atoms with van der Waals surface area (Å²) in [4.78, 5) is 16.3. The molecule has 8 nitrogen and oxygen atoms in total. The number of ether oxygens (including phenoxy) is 2. The number of carboxylic acids is 1. The average Bonchev–Trinajstić information content (AvgIpc) is 3.51. The second-order valence-electron chi connectivity index (χ2n) is 9.96. The van der Waals surface area contributed by atoms with Crippen molar-refractivity contribution in [2.24, 2.45) is 0 Å². The van der Waals surface area contributed by atoms with Gasteiger partial charge in [0.15, 0.2) is 0 Å². The van der Waals surface area contributed by atoms with Crippen molar-refractivity contribution in [1.82, 2.24) is 19.3 Å². The first kappa shape index (κ1) is 26.9. The van der Waals surface area contributed by atoms with E-state index in [4.69, 9.17) is 26.1 Å². The predicted octanol–water partition coefficient (Wildman–Crippen LogP) is 6.12. The summed E-state index contributed by atoms with van der Waals surface area (Å²) in [6.07, 6.45) is 2.75. The highest BCUT2D eigenvalue weighted by atomic mass is 35.5. The van der Waals surface area contributed by atoms with Crippen LogP contribution in [0, 0.1) is 18.6 Å². The number of carboxylic acid groups (broad SMARTS) is 1. The SMILES string of the molecule is Cc1cc(Cc2nc3ccc(C(=O)O)cc3n2C[C@@H]2CCO2)c(F)cc1-n1ccc(OCc2ccc(Cl)cc2F)n1. The summed E-state index contributed by atoms with van der Waals surface area (Å²) in [6.45, 7) is 3.01. The molecule has 0 amide bonds. The lowest BCUT2D eigenvalue weighted by Crippen LogP contribution is -2.31. The number of rotatable bonds is 9. The van der Waals surface area contributed by atoms with E-state index < -0.39 is 17.6 Å². The minimum Gasteiger partial charge on any atom is -0.478 e. The summed E-state index contributed by atoms with van der Waals surface area (Å²) in [5.41, 5.74) is 3.56. The Bertz CT molecular complexity index is 1780. The topological polar surface area (TPSA) is 91.4 Å². The molecule has 2 aromatic heterocycles. The summed E-state index contributed by atoms with van der Waals surface area (Å²) in [7, 11) is 0. The number of hydrogen-bond acceptors (Lipinski definition) is 5. The Labute approximate surface area is 238 Å². The molecule has 6 rings (SSSR count). The van der Waals surface area contributed by atoms with Gasteiger partial charge in [-0.05, 0) is 54.8 Å². The fraction of sp³-hybridized carbons (Fsp3) is 0.233. The Morgan fingerprint density at radius 3 is 2.66 bits per heavy atom. The van der Waals surface area contributed by atoms with Crippen LogP contribution in [0.5, 0.6) is 5.88 Å². The third-order valence-corrected chi connectivity index (χ3v) is 7.40. The van der Waals surface area contributed by atoms with Crippen molar-refractivity contribution in [2.45, 2.75) is 39.0 Å². The number of aromatic nitrogens is 4. The van der Waals surface area contributed by atoms with Crippen molar-refractivity contribution in [3.8, 4) is 11.6 Å². The van der Waals surface area contributed by atoms with Crippen molar-refractivity contribution >= 4 is 28.6 Å². The lowest BCUT2D eigenvalue weighted by atomic mass is 10.1. The zero-order valence-corrected chi connectivity index (χ0v) is 22.7. The number of fused-ring (bicyclic) bond motifs is 1. The standard InChI is InChI=1S/C30H25ClF2N4O4/c1-17-10-20(12-28-34-25-5-3-18(30(38)39)11-27(25)36(28)15-22-7-9-40-22)24(33)14-26(17)37-8-6-29(35-37)41-16-19-2-4-21(31)13-23(19)32/h2-6,8,10-11,13-14,22H,7,9,12,15-16H2,1H3,(H,38,39)/t22-/m0/s1. The number of hydrogen-bond donors (Lipinski definition) is 1. The van der Waals surface area contributed by atoms with Gasteiger partial charge in [-0.2, -0.15) is 0 Å². The van der Waals surface area contributed by atoms with Crippen LogP contribution in [0.15, 0.2) is 60.8 Å². The van der Waals surface area contributed by atoms with Crippen molar-refractivity contribution in [3.05, 3.63) is 106 Å². The number of imidazole rings is 1. The summed E-state index contributed by atoms with van der Waals surface area (Å²) in [5, 5.41) is 14.1. The van der Waals surface area contributed by atoms with Crippen molar-refractivity contribution < 1.29 is 28.2 Å². The van der Waals surface area contributed by atoms with Crippen LogP contribution < -0.4 is 4.74 Å². The fourth-order valence-electron chi connectivity index (χ4n) is 4.87. The molecule has 0 aliphatic carbocycles. The van der Waals surface area contributed by atoms with Crippen LogP contribution >= 0.6 is 11.6 Å². The Kier molecular flexibility index (Phi) is 7.19. The van der Waals surface area contributed by atoms with E-state index in [0.29, 0.717) is 51.8 Å². The quantitative estimate of drug-likeness (QED) is 0.227. The number of aryl methyl sites for hydroxylation is 1. The predicted molar refractivity (Wildman–Crippen MR) is 148 cm³/mol. The molecule has 210 valence electrons. The second-order valence-corrected chi connectivity index (χ2v) is 10.4. The summed E-state index contributed by atoms with van der Waals surface area (Å²) < 4.78 is 44.2. The van der Waals surface area contributed by atoms with Crippen LogP contribution in [-0.2, 0) is 24.3 Å². The molecule has 0 radical (unpaired) electrons. The molecule has 1 aliphatic rings. The maximum absolute atomic E-state index is 15.5. The van der Waals surface area contributed by atoms with Gasteiger partial charge in [0.05, 0.1) is 34.9 Å². The van der Waals surface area contributed by atoms with Crippen LogP contribution in [0.1, 0.15) is 39.3 Å². The molecule has 3 aromatic carbocycles. The molecule has 0 spiro atoms. The minimum absolute atomic E-state index is 0.000933. The number of carbonyl (C=O) groups is 1. The minimum atomic E-state index is -1.03. The van der Waals surface area contributed by atoms with Gasteiger partial charge in [-0.3, -0.25) is 0 Å². The second kappa shape index (κ2) is 10.9. The monoisotopic (exact) mass is 578 g/mol. The van der Waals surface area contributed by atoms with Crippen LogP contribution in [-0.4, -0.2) is 43.1 Å². The highest BCUT2D eigenvalue weighted by Gasteiger charge is 2.23. The van der Waals surface area contributed by atoms with E-state index >= 15 is 4.39 Å². The first-order chi connectivity index (χ1) is 19.7. The highest BCUT2D eigenvalue weighted by molar-refractivity contribution is 6.30. The van der Waals surface area contributed by atoms with E-state index in [1.807, 2.05) is 11.5 Å². The largest absolute Gasteiger partial charge is 0.478 e. The summed E-state index contributed by atoms with van der Waals surface area (Å²) in [5.74, 6) is -1.05. The number of nitrogens with zero attached hydrogens (tertiary/aromatic N) is 4. The Morgan fingerprint density at radius 2 is 1.93 bits per heavy atom. The molecular weight excluding hydrogens is 554 g/mol. The first-order valence-corrected chi connectivity index (χ1v) is 13.4. The van der Waals surface area contributed by atoms with Crippen molar-refractivity contribution in [3.63, 3.8) is 0 Å². The van der Waals surface area contributed by atoms with E-state index in [2.05, 4.69) is 5.10 Å². The van der Waals surface area contributed by atoms with E-state index in [-0.39, 0.29) is 30.6 Å². The normalized spacial score (nSPS) is 14.8. The van der Waals surface area contributed by atoms with Gasteiger partial charge in [0.2, 0.25) is 5.88 Å². The Morgan fingerprint density at radius 1 is 1.12 bits per heavy atom.